The van der Waals surface area contributed by atoms with Crippen molar-refractivity contribution in [1.29, 1.82) is 0 Å². The Morgan fingerprint density at radius 3 is 2.80 bits per heavy atom. The molecular formula is C7H13NO2. The van der Waals surface area contributed by atoms with Gasteiger partial charge in [0, 0.05) is 0 Å². The topological polar surface area (TPSA) is 52.3 Å². The van der Waals surface area contributed by atoms with Gasteiger partial charge in [-0.15, -0.1) is 6.58 Å². The van der Waals surface area contributed by atoms with E-state index >= 15 is 0 Å². The molecule has 0 radical (unpaired) electrons. The van der Waals surface area contributed by atoms with Gasteiger partial charge in [-0.2, -0.15) is 0 Å². The minimum Gasteiger partial charge on any atom is -0.466 e. The highest BCUT2D eigenvalue weighted by Crippen LogP contribution is 2.05. The average Bonchev–Trinajstić information content (AvgIpc) is 1.84. The molecule has 0 saturated heterocycles. The fourth-order valence-corrected chi connectivity index (χ4v) is 0.613. The lowest BCUT2D eigenvalue weighted by molar-refractivity contribution is -0.130. The molecule has 1 atom stereocenters. The minimum atomic E-state index is -0.470. The summed E-state index contributed by atoms with van der Waals surface area (Å²) in [5, 5.41) is 0. The lowest BCUT2D eigenvalue weighted by atomic mass is 10.0. The quantitative estimate of drug-likeness (QED) is 0.449. The summed E-state index contributed by atoms with van der Waals surface area (Å²) < 4.78 is 4.50. The number of ether oxygens (including phenoxy) is 1. The molecule has 0 spiro atoms. The van der Waals surface area contributed by atoms with E-state index in [9.17, 15) is 4.79 Å². The van der Waals surface area contributed by atoms with Crippen LogP contribution >= 0.6 is 0 Å². The Hall–Kier alpha value is -0.830. The minimum absolute atomic E-state index is 0.239. The highest BCUT2D eigenvalue weighted by molar-refractivity contribution is 5.37. The fourth-order valence-electron chi connectivity index (χ4n) is 0.613. The van der Waals surface area contributed by atoms with Crippen LogP contribution in [0.15, 0.2) is 12.7 Å². The first-order chi connectivity index (χ1) is 4.62. The molecule has 0 fully saturated rings. The molecule has 0 aromatic carbocycles. The normalized spacial score (nSPS) is 15.4. The van der Waals surface area contributed by atoms with E-state index in [1.807, 2.05) is 0 Å². The van der Waals surface area contributed by atoms with Crippen LogP contribution in [0.2, 0.25) is 0 Å². The fraction of sp³-hybridized carbons (Fsp3) is 0.571. The van der Waals surface area contributed by atoms with E-state index in [-0.39, 0.29) is 6.61 Å². The SMILES string of the molecule is C=CCC(C)(N)COC=O. The van der Waals surface area contributed by atoms with Gasteiger partial charge in [-0.25, -0.2) is 0 Å². The third-order valence-electron chi connectivity index (χ3n) is 1.09. The molecule has 0 aliphatic rings. The molecule has 0 amide bonds. The van der Waals surface area contributed by atoms with E-state index in [1.54, 1.807) is 13.0 Å². The molecule has 0 aromatic heterocycles. The van der Waals surface area contributed by atoms with Crippen LogP contribution in [0.5, 0.6) is 0 Å². The molecule has 1 unspecified atom stereocenters. The first-order valence-corrected chi connectivity index (χ1v) is 3.07. The number of carbonyl (C=O) groups is 1. The first-order valence-electron chi connectivity index (χ1n) is 3.07. The van der Waals surface area contributed by atoms with Gasteiger partial charge in [-0.05, 0) is 13.3 Å². The Morgan fingerprint density at radius 2 is 2.40 bits per heavy atom. The predicted molar refractivity (Wildman–Crippen MR) is 39.4 cm³/mol. The summed E-state index contributed by atoms with van der Waals surface area (Å²) in [7, 11) is 0. The van der Waals surface area contributed by atoms with Crippen molar-refractivity contribution in [3.05, 3.63) is 12.7 Å². The zero-order chi connectivity index (χ0) is 8.04. The van der Waals surface area contributed by atoms with E-state index < -0.39 is 5.54 Å². The Kier molecular flexibility index (Phi) is 3.72. The summed E-state index contributed by atoms with van der Waals surface area (Å²) in [6.45, 7) is 5.97. The maximum Gasteiger partial charge on any atom is 0.293 e. The average molecular weight is 143 g/mol. The van der Waals surface area contributed by atoms with E-state index in [1.165, 1.54) is 0 Å². The van der Waals surface area contributed by atoms with Gasteiger partial charge in [-0.1, -0.05) is 6.08 Å². The molecule has 0 heterocycles. The molecule has 10 heavy (non-hydrogen) atoms. The summed E-state index contributed by atoms with van der Waals surface area (Å²) in [5.41, 5.74) is 5.19. The zero-order valence-corrected chi connectivity index (χ0v) is 6.17. The third-order valence-corrected chi connectivity index (χ3v) is 1.09. The second kappa shape index (κ2) is 4.06. The molecule has 0 aromatic rings. The van der Waals surface area contributed by atoms with Crippen molar-refractivity contribution in [1.82, 2.24) is 0 Å². The number of nitrogens with two attached hydrogens (primary N) is 1. The van der Waals surface area contributed by atoms with E-state index in [0.29, 0.717) is 12.9 Å². The van der Waals surface area contributed by atoms with E-state index in [0.717, 1.165) is 0 Å². The van der Waals surface area contributed by atoms with Gasteiger partial charge < -0.3 is 10.5 Å². The zero-order valence-electron chi connectivity index (χ0n) is 6.17. The van der Waals surface area contributed by atoms with Crippen molar-refractivity contribution in [3.8, 4) is 0 Å². The van der Waals surface area contributed by atoms with Gasteiger partial charge in [0.05, 0.1) is 5.54 Å². The smallest absolute Gasteiger partial charge is 0.293 e. The van der Waals surface area contributed by atoms with Crippen molar-refractivity contribution in [3.63, 3.8) is 0 Å². The van der Waals surface area contributed by atoms with Crippen LogP contribution in [0.4, 0.5) is 0 Å². The molecule has 0 rings (SSSR count). The number of rotatable bonds is 5. The molecule has 0 aliphatic carbocycles. The summed E-state index contributed by atoms with van der Waals surface area (Å²) in [5.74, 6) is 0. The molecule has 3 nitrogen and oxygen atoms in total. The van der Waals surface area contributed by atoms with E-state index in [2.05, 4.69) is 11.3 Å². The summed E-state index contributed by atoms with van der Waals surface area (Å²) in [4.78, 5) is 9.75. The second-order valence-corrected chi connectivity index (χ2v) is 2.55. The van der Waals surface area contributed by atoms with Gasteiger partial charge in [0.15, 0.2) is 0 Å². The number of carbonyl (C=O) groups excluding carboxylic acids is 1. The Bertz CT molecular complexity index is 121. The number of hydrogen-bond donors (Lipinski definition) is 1. The summed E-state index contributed by atoms with van der Waals surface area (Å²) in [6.07, 6.45) is 2.34. The lowest BCUT2D eigenvalue weighted by Gasteiger charge is -2.20. The van der Waals surface area contributed by atoms with Crippen LogP contribution in [0.3, 0.4) is 0 Å². The van der Waals surface area contributed by atoms with Crippen LogP contribution in [0.25, 0.3) is 0 Å². The summed E-state index contributed by atoms with van der Waals surface area (Å²) in [6, 6.07) is 0. The highest BCUT2D eigenvalue weighted by Gasteiger charge is 2.16. The van der Waals surface area contributed by atoms with Crippen LogP contribution < -0.4 is 5.73 Å². The molecule has 0 bridgehead atoms. The van der Waals surface area contributed by atoms with Gasteiger partial charge in [0.2, 0.25) is 0 Å². The molecule has 3 heteroatoms. The van der Waals surface area contributed by atoms with Crippen molar-refractivity contribution < 1.29 is 9.53 Å². The van der Waals surface area contributed by atoms with Crippen LogP contribution in [-0.2, 0) is 9.53 Å². The van der Waals surface area contributed by atoms with Gasteiger partial charge >= 0.3 is 0 Å². The monoisotopic (exact) mass is 143 g/mol. The molecule has 0 saturated carbocycles. The summed E-state index contributed by atoms with van der Waals surface area (Å²) >= 11 is 0. The highest BCUT2D eigenvalue weighted by atomic mass is 16.5. The Morgan fingerprint density at radius 1 is 1.80 bits per heavy atom. The van der Waals surface area contributed by atoms with E-state index in [4.69, 9.17) is 5.73 Å². The Balaban J connectivity index is 3.61. The van der Waals surface area contributed by atoms with Crippen LogP contribution in [0.1, 0.15) is 13.3 Å². The second-order valence-electron chi connectivity index (χ2n) is 2.55. The van der Waals surface area contributed by atoms with Crippen LogP contribution in [0, 0.1) is 0 Å². The molecule has 2 N–H and O–H groups in total. The van der Waals surface area contributed by atoms with Crippen molar-refractivity contribution in [2.75, 3.05) is 6.61 Å². The molecular weight excluding hydrogens is 130 g/mol. The predicted octanol–water partition coefficient (Wildman–Crippen LogP) is 0.453. The third kappa shape index (κ3) is 4.09. The standard InChI is InChI=1S/C7H13NO2/c1-3-4-7(2,8)5-10-6-9/h3,6H,1,4-5,8H2,2H3. The van der Waals surface area contributed by atoms with Crippen LogP contribution in [-0.4, -0.2) is 18.6 Å². The largest absolute Gasteiger partial charge is 0.466 e. The van der Waals surface area contributed by atoms with Crippen molar-refractivity contribution in [2.24, 2.45) is 5.73 Å². The first kappa shape index (κ1) is 9.17. The maximum atomic E-state index is 9.75. The van der Waals surface area contributed by atoms with Gasteiger partial charge in [-0.3, -0.25) is 4.79 Å². The maximum absolute atomic E-state index is 9.75. The number of hydrogen-bond acceptors (Lipinski definition) is 3. The molecule has 0 aliphatic heterocycles. The van der Waals surface area contributed by atoms with Crippen molar-refractivity contribution in [2.45, 2.75) is 18.9 Å². The molecule has 58 valence electrons. The Labute approximate surface area is 60.9 Å². The van der Waals surface area contributed by atoms with Gasteiger partial charge in [0.25, 0.3) is 6.47 Å². The lowest BCUT2D eigenvalue weighted by Crippen LogP contribution is -2.40. The van der Waals surface area contributed by atoms with Crippen molar-refractivity contribution >= 4 is 6.47 Å². The van der Waals surface area contributed by atoms with Gasteiger partial charge in [0.1, 0.15) is 6.61 Å².